The molecule has 9 N–H and O–H groups in total. The second-order valence-electron chi connectivity index (χ2n) is 23.5. The lowest BCUT2D eigenvalue weighted by molar-refractivity contribution is -0.142. The number of ketones is 6. The minimum Gasteiger partial charge on any atom is -0.379 e. The van der Waals surface area contributed by atoms with Crippen LogP contribution < -0.4 is 38.1 Å². The van der Waals surface area contributed by atoms with Crippen LogP contribution in [0.25, 0.3) is 0 Å². The second kappa shape index (κ2) is 53.0. The molecule has 0 aromatic heterocycles. The largest absolute Gasteiger partial charge is 0.379 e. The van der Waals surface area contributed by atoms with E-state index in [9.17, 15) is 62.3 Å². The highest BCUT2D eigenvalue weighted by Gasteiger charge is 2.36. The minimum atomic E-state index is -0.871. The van der Waals surface area contributed by atoms with Crippen molar-refractivity contribution < 1.29 is 95.5 Å². The molecule has 30 heteroatoms. The number of carbonyl (C=O) groups excluding carboxylic acids is 13. The molecule has 1 fully saturated rings. The van der Waals surface area contributed by atoms with Crippen molar-refractivity contribution in [3.8, 4) is 0 Å². The third kappa shape index (κ3) is 42.9. The standard InChI is InChI=1S/C44H69N5O11S.C21H37N3O9S/c1-29(2)23-34(39(52)15-16-41(54)47-36(28-61-6)40(53)24-30(3)4)48-44(57)37-9-7-18-49(37)43(56)27-59-19-8-10-38(51)35(25-32-11-13-33(14-12-32)31(5)50)46-42(55)26-60-22-21-58-20-17-45;1-16(25)24-12-18(26)3-2-5-30-7-10-33-14-20(28)23-4-6-31-8-9-32-13-19(27)11-17(15-34)21(22)29/h11-14,29-30,34-37H,7-10,15-28,45H2,1-6H3,(H,46,55)(H,47,54)(H,48,57);17,34H,2-15H2,1H3,(H2,22,29)(H,23,28)(H,24,25)/t34-,35-,36-,37-;17-/m01/s1. The van der Waals surface area contributed by atoms with Gasteiger partial charge in [0.15, 0.2) is 34.7 Å². The smallest absolute Gasteiger partial charge is 0.249 e. The van der Waals surface area contributed by atoms with Crippen LogP contribution in [0.1, 0.15) is 128 Å². The summed E-state index contributed by atoms with van der Waals surface area (Å²) < 4.78 is 37.2. The van der Waals surface area contributed by atoms with Crippen molar-refractivity contribution in [3.63, 3.8) is 0 Å². The van der Waals surface area contributed by atoms with Gasteiger partial charge in [-0.1, -0.05) is 52.0 Å². The van der Waals surface area contributed by atoms with Gasteiger partial charge in [0.1, 0.15) is 32.5 Å². The van der Waals surface area contributed by atoms with Crippen molar-refractivity contribution in [2.75, 3.05) is 136 Å². The number of nitrogens with two attached hydrogens (primary N) is 2. The number of nitrogens with zero attached hydrogens (tertiary/aromatic N) is 1. The minimum absolute atomic E-state index is 0.00201. The van der Waals surface area contributed by atoms with Crippen molar-refractivity contribution in [3.05, 3.63) is 35.4 Å². The first-order chi connectivity index (χ1) is 45.3. The summed E-state index contributed by atoms with van der Waals surface area (Å²) in [6, 6.07) is 3.67. The van der Waals surface area contributed by atoms with Crippen LogP contribution in [0.2, 0.25) is 0 Å². The molecule has 0 bridgehead atoms. The van der Waals surface area contributed by atoms with E-state index in [-0.39, 0.29) is 182 Å². The number of thiol groups is 1. The van der Waals surface area contributed by atoms with Gasteiger partial charge >= 0.3 is 0 Å². The molecule has 538 valence electrons. The Hall–Kier alpha value is -6.09. The summed E-state index contributed by atoms with van der Waals surface area (Å²) in [7, 11) is 0. The van der Waals surface area contributed by atoms with Gasteiger partial charge in [-0.05, 0) is 69.1 Å². The maximum atomic E-state index is 13.5. The van der Waals surface area contributed by atoms with Gasteiger partial charge in [0.2, 0.25) is 41.4 Å². The first-order valence-electron chi connectivity index (χ1n) is 32.4. The molecular weight excluding hydrogens is 1280 g/mol. The normalized spacial score (nSPS) is 14.0. The molecule has 0 saturated carbocycles. The van der Waals surface area contributed by atoms with Crippen LogP contribution in [0.5, 0.6) is 0 Å². The number of carbonyl (C=O) groups is 13. The van der Waals surface area contributed by atoms with Crippen LogP contribution >= 0.6 is 24.4 Å². The number of amides is 7. The molecule has 1 saturated heterocycles. The van der Waals surface area contributed by atoms with Gasteiger partial charge in [0.05, 0.1) is 83.4 Å². The number of hydrogen-bond donors (Lipinski definition) is 8. The van der Waals surface area contributed by atoms with Crippen molar-refractivity contribution in [1.82, 2.24) is 31.5 Å². The van der Waals surface area contributed by atoms with E-state index in [1.165, 1.54) is 30.5 Å². The summed E-state index contributed by atoms with van der Waals surface area (Å²) in [5.74, 6) is -3.53. The average Bonchev–Trinajstić information content (AvgIpc) is 2.02. The molecule has 1 aromatic carbocycles. The van der Waals surface area contributed by atoms with Gasteiger partial charge in [0.25, 0.3) is 0 Å². The van der Waals surface area contributed by atoms with Crippen molar-refractivity contribution >= 4 is 100 Å². The maximum absolute atomic E-state index is 13.5. The molecule has 7 amide bonds. The molecule has 28 nitrogen and oxygen atoms in total. The van der Waals surface area contributed by atoms with Crippen LogP contribution in [-0.2, 0) is 97.1 Å². The summed E-state index contributed by atoms with van der Waals surface area (Å²) in [5, 5.41) is 13.4. The number of nitrogens with one attached hydrogen (secondary N) is 5. The topological polar surface area (TPSA) is 402 Å². The SMILES string of the molecule is CC(=O)NCC(=O)CCCOCCOCC(=O)NCCOCCOCC(=O)C[C@H](CS)C(N)=O.CSC[C@H](NC(=O)CCC(=O)[C@H](CC(C)C)NC(=O)[C@@H]1CCCN1C(=O)COCCCC(=O)[C@H](Cc1ccc(C(C)=O)cc1)NC(=O)COCCOCCN)C(=O)CC(C)C. The molecule has 95 heavy (non-hydrogen) atoms. The lowest BCUT2D eigenvalue weighted by Crippen LogP contribution is -2.52. The van der Waals surface area contributed by atoms with E-state index in [0.29, 0.717) is 89.3 Å². The zero-order chi connectivity index (χ0) is 70.9. The van der Waals surface area contributed by atoms with Gasteiger partial charge < -0.3 is 76.1 Å². The number of Topliss-reactive ketones (excluding diaryl/α,β-unsaturated/α-hetero) is 6. The molecule has 0 spiro atoms. The van der Waals surface area contributed by atoms with E-state index in [4.69, 9.17) is 44.6 Å². The van der Waals surface area contributed by atoms with Crippen LogP contribution in [0.15, 0.2) is 24.3 Å². The summed E-state index contributed by atoms with van der Waals surface area (Å²) in [6.07, 6.45) is 4.71. The Morgan fingerprint density at radius 2 is 1.18 bits per heavy atom. The highest BCUT2D eigenvalue weighted by atomic mass is 32.2. The molecule has 1 aliphatic heterocycles. The molecule has 5 atom stereocenters. The van der Waals surface area contributed by atoms with Crippen LogP contribution in [0, 0.1) is 17.8 Å². The first kappa shape index (κ1) is 86.9. The summed E-state index contributed by atoms with van der Waals surface area (Å²) in [6.45, 7) is 13.3. The lowest BCUT2D eigenvalue weighted by atomic mass is 9.97. The van der Waals surface area contributed by atoms with Gasteiger partial charge in [0, 0.05) is 95.4 Å². The molecular formula is C65H106N8O20S2. The Bertz CT molecular complexity index is 2530. The Morgan fingerprint density at radius 1 is 0.600 bits per heavy atom. The zero-order valence-electron chi connectivity index (χ0n) is 56.6. The number of hydrogen-bond acceptors (Lipinski definition) is 23. The van der Waals surface area contributed by atoms with Crippen molar-refractivity contribution in [1.29, 1.82) is 0 Å². The Balaban J connectivity index is 0.00000112. The van der Waals surface area contributed by atoms with Crippen molar-refractivity contribution in [2.45, 2.75) is 143 Å². The van der Waals surface area contributed by atoms with E-state index < -0.39 is 59.6 Å². The number of benzene rings is 1. The second-order valence-corrected chi connectivity index (χ2v) is 24.7. The summed E-state index contributed by atoms with van der Waals surface area (Å²) in [4.78, 5) is 161. The van der Waals surface area contributed by atoms with E-state index >= 15 is 0 Å². The summed E-state index contributed by atoms with van der Waals surface area (Å²) >= 11 is 5.43. The van der Waals surface area contributed by atoms with Crippen molar-refractivity contribution in [2.24, 2.45) is 29.2 Å². The molecule has 0 unspecified atom stereocenters. The lowest BCUT2D eigenvalue weighted by Gasteiger charge is -2.27. The average molecular weight is 1380 g/mol. The van der Waals surface area contributed by atoms with Crippen LogP contribution in [-0.4, -0.2) is 242 Å². The number of ether oxygens (including phenoxy) is 7. The third-order valence-electron chi connectivity index (χ3n) is 14.1. The first-order valence-corrected chi connectivity index (χ1v) is 34.4. The monoisotopic (exact) mass is 1380 g/mol. The van der Waals surface area contributed by atoms with Gasteiger partial charge in [-0.15, -0.1) is 0 Å². The number of likely N-dealkylation sites (tertiary alicyclic amines) is 1. The fraction of sp³-hybridized carbons (Fsp3) is 0.708. The highest BCUT2D eigenvalue weighted by Crippen LogP contribution is 2.20. The molecule has 0 aliphatic carbocycles. The Labute approximate surface area is 568 Å². The fourth-order valence-corrected chi connectivity index (χ4v) is 10.1. The van der Waals surface area contributed by atoms with Crippen LogP contribution in [0.3, 0.4) is 0 Å². The van der Waals surface area contributed by atoms with Crippen LogP contribution in [0.4, 0.5) is 0 Å². The molecule has 1 aromatic rings. The number of rotatable bonds is 55. The third-order valence-corrected chi connectivity index (χ3v) is 15.2. The predicted octanol–water partition coefficient (Wildman–Crippen LogP) is 1.25. The van der Waals surface area contributed by atoms with Gasteiger partial charge in [-0.25, -0.2) is 0 Å². The highest BCUT2D eigenvalue weighted by molar-refractivity contribution is 7.98. The summed E-state index contributed by atoms with van der Waals surface area (Å²) in [5.41, 5.74) is 11.8. The quantitative estimate of drug-likeness (QED) is 0.0258. The van der Waals surface area contributed by atoms with E-state index in [1.54, 1.807) is 24.3 Å². The Morgan fingerprint density at radius 3 is 1.78 bits per heavy atom. The Kier molecular flexibility index (Phi) is 48.5. The predicted molar refractivity (Wildman–Crippen MR) is 358 cm³/mol. The van der Waals surface area contributed by atoms with Gasteiger partial charge in [-0.3, -0.25) is 62.3 Å². The molecule has 1 aliphatic rings. The van der Waals surface area contributed by atoms with E-state index in [1.807, 2.05) is 34.0 Å². The zero-order valence-corrected chi connectivity index (χ0v) is 58.3. The van der Waals surface area contributed by atoms with E-state index in [2.05, 4.69) is 39.2 Å². The fourth-order valence-electron chi connectivity index (χ4n) is 9.15. The molecule has 2 rings (SSSR count). The number of primary amides is 1. The van der Waals surface area contributed by atoms with E-state index in [0.717, 1.165) is 5.56 Å². The van der Waals surface area contributed by atoms with Gasteiger partial charge in [-0.2, -0.15) is 24.4 Å². The molecule has 1 heterocycles. The maximum Gasteiger partial charge on any atom is 0.249 e. The number of thioether (sulfide) groups is 1. The molecule has 0 radical (unpaired) electrons.